The van der Waals surface area contributed by atoms with Gasteiger partial charge in [-0.15, -0.1) is 0 Å². The Hall–Kier alpha value is -1.54. The molecule has 0 rings (SSSR count). The van der Waals surface area contributed by atoms with Crippen molar-refractivity contribution in [3.8, 4) is 0 Å². The molecular weight excluding hydrogens is 248 g/mol. The molecule has 4 amide bonds. The van der Waals surface area contributed by atoms with Crippen molar-refractivity contribution in [1.82, 2.24) is 10.0 Å². The summed E-state index contributed by atoms with van der Waals surface area (Å²) in [6.07, 6.45) is 2.67. The summed E-state index contributed by atoms with van der Waals surface area (Å²) in [6, 6.07) is -1.25. The normalized spacial score (nSPS) is 13.7. The third-order valence-electron chi connectivity index (χ3n) is 3.33. The second-order valence-corrected chi connectivity index (χ2v) is 4.97. The summed E-state index contributed by atoms with van der Waals surface area (Å²) in [4.78, 5) is 21.5. The van der Waals surface area contributed by atoms with Gasteiger partial charge in [0.1, 0.15) is 0 Å². The highest BCUT2D eigenvalue weighted by atomic mass is 16.2. The Balaban J connectivity index is 3.82. The Morgan fingerprint density at radius 1 is 0.947 bits per heavy atom. The smallest absolute Gasteiger partial charge is 0.328 e. The van der Waals surface area contributed by atoms with Crippen molar-refractivity contribution in [3.63, 3.8) is 0 Å². The second kappa shape index (κ2) is 8.54. The number of primary amides is 2. The van der Waals surface area contributed by atoms with Crippen LogP contribution in [0.4, 0.5) is 9.59 Å². The summed E-state index contributed by atoms with van der Waals surface area (Å²) >= 11 is 0. The first kappa shape index (κ1) is 17.5. The third kappa shape index (κ3) is 7.47. The summed E-state index contributed by atoms with van der Waals surface area (Å²) in [6.45, 7) is 4.99. The molecule has 19 heavy (non-hydrogen) atoms. The van der Waals surface area contributed by atoms with Crippen molar-refractivity contribution < 1.29 is 9.59 Å². The first-order valence-corrected chi connectivity index (χ1v) is 6.39. The van der Waals surface area contributed by atoms with E-state index in [2.05, 4.69) is 6.92 Å². The highest BCUT2D eigenvalue weighted by Crippen LogP contribution is 2.18. The average molecular weight is 274 g/mol. The lowest BCUT2D eigenvalue weighted by Gasteiger charge is -2.24. The van der Waals surface area contributed by atoms with Gasteiger partial charge in [-0.3, -0.25) is 10.0 Å². The van der Waals surface area contributed by atoms with Crippen LogP contribution in [0.25, 0.3) is 0 Å². The fourth-order valence-corrected chi connectivity index (χ4v) is 1.72. The molecule has 0 saturated heterocycles. The number of hydrazine groups is 2. The SMILES string of the molecule is CC(CCCCN(N)C(N)=O)C(C)CN(N)C(N)=O. The lowest BCUT2D eigenvalue weighted by molar-refractivity contribution is 0.187. The average Bonchev–Trinajstić information content (AvgIpc) is 2.33. The van der Waals surface area contributed by atoms with Gasteiger partial charge >= 0.3 is 12.1 Å². The Morgan fingerprint density at radius 3 is 1.95 bits per heavy atom. The summed E-state index contributed by atoms with van der Waals surface area (Å²) in [7, 11) is 0. The van der Waals surface area contributed by atoms with Crippen molar-refractivity contribution in [2.45, 2.75) is 33.1 Å². The standard InChI is InChI=1S/C11H26N6O2/c1-8(9(2)7-17(15)11(13)19)5-3-4-6-16(14)10(12)18/h8-9H,3-7,14-15H2,1-2H3,(H2,12,18)(H2,13,19). The van der Waals surface area contributed by atoms with E-state index in [-0.39, 0.29) is 5.92 Å². The van der Waals surface area contributed by atoms with E-state index >= 15 is 0 Å². The molecule has 0 aromatic carbocycles. The molecule has 0 heterocycles. The van der Waals surface area contributed by atoms with E-state index in [9.17, 15) is 9.59 Å². The summed E-state index contributed by atoms with van der Waals surface area (Å²) in [5, 5.41) is 2.03. The van der Waals surface area contributed by atoms with Crippen LogP contribution in [0.15, 0.2) is 0 Å². The number of rotatable bonds is 8. The van der Waals surface area contributed by atoms with Crippen LogP contribution in [0.2, 0.25) is 0 Å². The third-order valence-corrected chi connectivity index (χ3v) is 3.33. The van der Waals surface area contributed by atoms with Crippen molar-refractivity contribution in [1.29, 1.82) is 0 Å². The molecule has 8 N–H and O–H groups in total. The van der Waals surface area contributed by atoms with Crippen molar-refractivity contribution >= 4 is 12.1 Å². The number of nitrogens with two attached hydrogens (primary N) is 4. The quantitative estimate of drug-likeness (QED) is 0.212. The van der Waals surface area contributed by atoms with Crippen LogP contribution in [-0.4, -0.2) is 35.2 Å². The van der Waals surface area contributed by atoms with Crippen molar-refractivity contribution in [2.24, 2.45) is 35.0 Å². The number of unbranched alkanes of at least 4 members (excludes halogenated alkanes) is 1. The largest absolute Gasteiger partial charge is 0.350 e. The summed E-state index contributed by atoms with van der Waals surface area (Å²) < 4.78 is 0. The molecule has 2 unspecified atom stereocenters. The van der Waals surface area contributed by atoms with Gasteiger partial charge in [0.25, 0.3) is 0 Å². The van der Waals surface area contributed by atoms with Crippen LogP contribution in [0.3, 0.4) is 0 Å². The maximum absolute atomic E-state index is 10.8. The van der Waals surface area contributed by atoms with Gasteiger partial charge in [-0.25, -0.2) is 21.3 Å². The van der Waals surface area contributed by atoms with E-state index in [1.165, 1.54) is 0 Å². The fourth-order valence-electron chi connectivity index (χ4n) is 1.72. The minimum Gasteiger partial charge on any atom is -0.350 e. The van der Waals surface area contributed by atoms with Crippen molar-refractivity contribution in [2.75, 3.05) is 13.1 Å². The molecule has 0 aliphatic carbocycles. The van der Waals surface area contributed by atoms with Gasteiger partial charge in [0.15, 0.2) is 0 Å². The minimum absolute atomic E-state index is 0.252. The van der Waals surface area contributed by atoms with Gasteiger partial charge < -0.3 is 11.5 Å². The number of urea groups is 2. The molecule has 0 saturated carbocycles. The zero-order valence-corrected chi connectivity index (χ0v) is 11.7. The number of hydrogen-bond acceptors (Lipinski definition) is 4. The van der Waals surface area contributed by atoms with Crippen LogP contribution in [0.5, 0.6) is 0 Å². The maximum Gasteiger partial charge on any atom is 0.328 e. The van der Waals surface area contributed by atoms with Gasteiger partial charge in [0.05, 0.1) is 0 Å². The molecule has 2 atom stereocenters. The van der Waals surface area contributed by atoms with Gasteiger partial charge in [0.2, 0.25) is 0 Å². The molecule has 0 aromatic rings. The number of amides is 4. The van der Waals surface area contributed by atoms with E-state index in [1.54, 1.807) is 0 Å². The van der Waals surface area contributed by atoms with Gasteiger partial charge in [0, 0.05) is 13.1 Å². The topological polar surface area (TPSA) is 145 Å². The van der Waals surface area contributed by atoms with Crippen LogP contribution in [0.1, 0.15) is 33.1 Å². The highest BCUT2D eigenvalue weighted by Gasteiger charge is 2.16. The lowest BCUT2D eigenvalue weighted by atomic mass is 9.91. The zero-order chi connectivity index (χ0) is 15.0. The summed E-state index contributed by atoms with van der Waals surface area (Å²) in [5.41, 5.74) is 10.1. The van der Waals surface area contributed by atoms with E-state index in [0.717, 1.165) is 29.3 Å². The molecule has 0 aromatic heterocycles. The predicted molar refractivity (Wildman–Crippen MR) is 73.1 cm³/mol. The number of nitrogens with zero attached hydrogens (tertiary/aromatic N) is 2. The zero-order valence-electron chi connectivity index (χ0n) is 11.7. The van der Waals surface area contributed by atoms with Gasteiger partial charge in [-0.2, -0.15) is 0 Å². The Kier molecular flexibility index (Phi) is 7.85. The van der Waals surface area contributed by atoms with E-state index in [4.69, 9.17) is 23.2 Å². The molecule has 0 bridgehead atoms. The number of carbonyl (C=O) groups excluding carboxylic acids is 2. The molecular formula is C11H26N6O2. The molecule has 8 heteroatoms. The van der Waals surface area contributed by atoms with Gasteiger partial charge in [-0.1, -0.05) is 26.7 Å². The fraction of sp³-hybridized carbons (Fsp3) is 0.818. The predicted octanol–water partition coefficient (Wildman–Crippen LogP) is -0.0623. The van der Waals surface area contributed by atoms with Crippen LogP contribution in [-0.2, 0) is 0 Å². The van der Waals surface area contributed by atoms with Crippen molar-refractivity contribution in [3.05, 3.63) is 0 Å². The Morgan fingerprint density at radius 2 is 1.47 bits per heavy atom. The van der Waals surface area contributed by atoms with E-state index in [0.29, 0.717) is 19.0 Å². The van der Waals surface area contributed by atoms with E-state index < -0.39 is 12.1 Å². The molecule has 0 fully saturated rings. The highest BCUT2D eigenvalue weighted by molar-refractivity contribution is 5.71. The number of carbonyl (C=O) groups is 2. The van der Waals surface area contributed by atoms with Crippen LogP contribution in [0, 0.1) is 11.8 Å². The van der Waals surface area contributed by atoms with Crippen LogP contribution < -0.4 is 23.2 Å². The summed E-state index contributed by atoms with van der Waals surface area (Å²) in [5.74, 6) is 11.5. The minimum atomic E-state index is -0.626. The number of hydrogen-bond donors (Lipinski definition) is 4. The molecule has 0 aliphatic heterocycles. The first-order valence-electron chi connectivity index (χ1n) is 6.39. The Labute approximate surface area is 114 Å². The molecule has 0 radical (unpaired) electrons. The molecule has 0 spiro atoms. The molecule has 8 nitrogen and oxygen atoms in total. The van der Waals surface area contributed by atoms with Gasteiger partial charge in [-0.05, 0) is 18.3 Å². The second-order valence-electron chi connectivity index (χ2n) is 4.97. The van der Waals surface area contributed by atoms with E-state index in [1.807, 2.05) is 6.92 Å². The monoisotopic (exact) mass is 274 g/mol. The van der Waals surface area contributed by atoms with Crippen LogP contribution >= 0.6 is 0 Å². The Bertz CT molecular complexity index is 299. The first-order chi connectivity index (χ1) is 8.75. The molecule has 0 aliphatic rings. The molecule has 112 valence electrons. The lowest BCUT2D eigenvalue weighted by Crippen LogP contribution is -2.44. The maximum atomic E-state index is 10.8.